The van der Waals surface area contributed by atoms with E-state index in [0.717, 1.165) is 12.8 Å². The van der Waals surface area contributed by atoms with Crippen LogP contribution in [0, 0.1) is 5.92 Å². The summed E-state index contributed by atoms with van der Waals surface area (Å²) in [5, 5.41) is 5.79. The highest BCUT2D eigenvalue weighted by molar-refractivity contribution is 5.92. The summed E-state index contributed by atoms with van der Waals surface area (Å²) in [7, 11) is 0. The molecule has 2 atom stereocenters. The number of benzene rings is 1. The van der Waals surface area contributed by atoms with Crippen LogP contribution in [0.1, 0.15) is 44.0 Å². The standard InChI is InChI=1S/C19H27N3O4/c1-4-6-15-11-22(12-17(15)20-13(3)23)19(25)21-16-9-7-14(8-10-16)18(24)26-5-2/h7-10,15,17H,4-6,11-12H2,1-3H3,(H,20,23)(H,21,25). The molecular weight excluding hydrogens is 334 g/mol. The molecule has 2 N–H and O–H groups in total. The molecule has 0 saturated carbocycles. The molecule has 0 spiro atoms. The molecule has 1 aromatic rings. The first-order chi connectivity index (χ1) is 12.4. The van der Waals surface area contributed by atoms with Crippen LogP contribution in [0.4, 0.5) is 10.5 Å². The number of esters is 1. The van der Waals surface area contributed by atoms with Gasteiger partial charge in [-0.25, -0.2) is 9.59 Å². The van der Waals surface area contributed by atoms with E-state index in [0.29, 0.717) is 30.9 Å². The van der Waals surface area contributed by atoms with Crippen LogP contribution in [0.15, 0.2) is 24.3 Å². The van der Waals surface area contributed by atoms with E-state index in [4.69, 9.17) is 4.74 Å². The lowest BCUT2D eigenvalue weighted by Gasteiger charge is -2.18. The fraction of sp³-hybridized carbons (Fsp3) is 0.526. The second-order valence-corrected chi connectivity index (χ2v) is 6.49. The predicted octanol–water partition coefficient (Wildman–Crippen LogP) is 2.63. The molecule has 1 aromatic carbocycles. The lowest BCUT2D eigenvalue weighted by Crippen LogP contribution is -2.40. The molecule has 3 amide bonds. The monoisotopic (exact) mass is 361 g/mol. The van der Waals surface area contributed by atoms with Gasteiger partial charge in [-0.2, -0.15) is 0 Å². The van der Waals surface area contributed by atoms with Crippen molar-refractivity contribution in [2.45, 2.75) is 39.7 Å². The van der Waals surface area contributed by atoms with Gasteiger partial charge in [-0.15, -0.1) is 0 Å². The van der Waals surface area contributed by atoms with Crippen LogP contribution in [0.25, 0.3) is 0 Å². The van der Waals surface area contributed by atoms with Crippen molar-refractivity contribution in [3.63, 3.8) is 0 Å². The maximum Gasteiger partial charge on any atom is 0.338 e. The molecule has 1 fully saturated rings. The third-order valence-electron chi connectivity index (χ3n) is 4.42. The molecule has 1 aliphatic rings. The summed E-state index contributed by atoms with van der Waals surface area (Å²) in [6, 6.07) is 6.38. The van der Waals surface area contributed by atoms with Gasteiger partial charge in [-0.3, -0.25) is 4.79 Å². The van der Waals surface area contributed by atoms with Crippen molar-refractivity contribution in [1.82, 2.24) is 10.2 Å². The number of hydrogen-bond donors (Lipinski definition) is 2. The van der Waals surface area contributed by atoms with Crippen molar-refractivity contribution in [2.75, 3.05) is 25.0 Å². The van der Waals surface area contributed by atoms with Crippen LogP contribution in [-0.4, -0.2) is 48.5 Å². The molecule has 142 valence electrons. The van der Waals surface area contributed by atoms with E-state index in [1.54, 1.807) is 36.1 Å². The number of urea groups is 1. The summed E-state index contributed by atoms with van der Waals surface area (Å²) in [6.07, 6.45) is 1.97. The summed E-state index contributed by atoms with van der Waals surface area (Å²) in [5.74, 6) is -0.195. The summed E-state index contributed by atoms with van der Waals surface area (Å²) in [6.45, 7) is 6.78. The molecule has 2 unspecified atom stereocenters. The molecule has 7 nitrogen and oxygen atoms in total. The van der Waals surface area contributed by atoms with Crippen molar-refractivity contribution in [1.29, 1.82) is 0 Å². The number of likely N-dealkylation sites (tertiary alicyclic amines) is 1. The van der Waals surface area contributed by atoms with E-state index in [-0.39, 0.29) is 29.9 Å². The molecule has 2 rings (SSSR count). The normalized spacial score (nSPS) is 19.1. The summed E-state index contributed by atoms with van der Waals surface area (Å²) in [5.41, 5.74) is 1.05. The number of rotatable bonds is 6. The van der Waals surface area contributed by atoms with Gasteiger partial charge in [0.1, 0.15) is 0 Å². The highest BCUT2D eigenvalue weighted by atomic mass is 16.5. The van der Waals surface area contributed by atoms with Crippen LogP contribution in [-0.2, 0) is 9.53 Å². The first kappa shape index (κ1) is 19.8. The van der Waals surface area contributed by atoms with E-state index >= 15 is 0 Å². The minimum absolute atomic E-state index is 0.00982. The predicted molar refractivity (Wildman–Crippen MR) is 99.0 cm³/mol. The Morgan fingerprint density at radius 3 is 2.42 bits per heavy atom. The van der Waals surface area contributed by atoms with Gasteiger partial charge in [0.15, 0.2) is 0 Å². The van der Waals surface area contributed by atoms with E-state index in [9.17, 15) is 14.4 Å². The third kappa shape index (κ3) is 5.21. The van der Waals surface area contributed by atoms with E-state index in [1.807, 2.05) is 0 Å². The SMILES string of the molecule is CCCC1CN(C(=O)Nc2ccc(C(=O)OCC)cc2)CC1NC(C)=O. The molecule has 7 heteroatoms. The molecule has 0 aromatic heterocycles. The largest absolute Gasteiger partial charge is 0.462 e. The fourth-order valence-corrected chi connectivity index (χ4v) is 3.23. The number of anilines is 1. The van der Waals surface area contributed by atoms with Crippen molar-refractivity contribution >= 4 is 23.6 Å². The van der Waals surface area contributed by atoms with E-state index in [1.165, 1.54) is 6.92 Å². The average molecular weight is 361 g/mol. The number of carbonyl (C=O) groups excluding carboxylic acids is 3. The molecule has 26 heavy (non-hydrogen) atoms. The zero-order chi connectivity index (χ0) is 19.1. The summed E-state index contributed by atoms with van der Waals surface area (Å²) >= 11 is 0. The highest BCUT2D eigenvalue weighted by Crippen LogP contribution is 2.23. The van der Waals surface area contributed by atoms with Crippen molar-refractivity contribution in [3.8, 4) is 0 Å². The first-order valence-corrected chi connectivity index (χ1v) is 9.04. The van der Waals surface area contributed by atoms with E-state index < -0.39 is 0 Å². The first-order valence-electron chi connectivity index (χ1n) is 9.04. The van der Waals surface area contributed by atoms with Gasteiger partial charge in [0.2, 0.25) is 5.91 Å². The Labute approximate surface area is 154 Å². The molecule has 0 aliphatic carbocycles. The quantitative estimate of drug-likeness (QED) is 0.763. The Morgan fingerprint density at radius 1 is 1.15 bits per heavy atom. The lowest BCUT2D eigenvalue weighted by atomic mass is 9.98. The topological polar surface area (TPSA) is 87.7 Å². The molecule has 0 radical (unpaired) electrons. The van der Waals surface area contributed by atoms with Crippen LogP contribution in [0.5, 0.6) is 0 Å². The van der Waals surface area contributed by atoms with Crippen molar-refractivity contribution in [3.05, 3.63) is 29.8 Å². The number of nitrogens with zero attached hydrogens (tertiary/aromatic N) is 1. The van der Waals surface area contributed by atoms with Gasteiger partial charge < -0.3 is 20.3 Å². The Kier molecular flexibility index (Phi) is 7.00. The van der Waals surface area contributed by atoms with Gasteiger partial charge in [0, 0.05) is 25.7 Å². The number of nitrogens with one attached hydrogen (secondary N) is 2. The summed E-state index contributed by atoms with van der Waals surface area (Å²) < 4.78 is 4.94. The Hall–Kier alpha value is -2.57. The number of hydrogen-bond acceptors (Lipinski definition) is 4. The average Bonchev–Trinajstić information content (AvgIpc) is 2.98. The van der Waals surface area contributed by atoms with Gasteiger partial charge in [0.05, 0.1) is 18.2 Å². The zero-order valence-electron chi connectivity index (χ0n) is 15.6. The fourth-order valence-electron chi connectivity index (χ4n) is 3.23. The maximum absolute atomic E-state index is 12.5. The van der Waals surface area contributed by atoms with Crippen LogP contribution < -0.4 is 10.6 Å². The smallest absolute Gasteiger partial charge is 0.338 e. The molecule has 0 bridgehead atoms. The van der Waals surface area contributed by atoms with Crippen LogP contribution >= 0.6 is 0 Å². The summed E-state index contributed by atoms with van der Waals surface area (Å²) in [4.78, 5) is 37.3. The third-order valence-corrected chi connectivity index (χ3v) is 4.42. The minimum atomic E-state index is -0.384. The van der Waals surface area contributed by atoms with Crippen molar-refractivity contribution in [2.24, 2.45) is 5.92 Å². The van der Waals surface area contributed by atoms with Crippen molar-refractivity contribution < 1.29 is 19.1 Å². The van der Waals surface area contributed by atoms with Gasteiger partial charge >= 0.3 is 12.0 Å². The number of ether oxygens (including phenoxy) is 1. The molecular formula is C19H27N3O4. The van der Waals surface area contributed by atoms with Gasteiger partial charge in [-0.1, -0.05) is 13.3 Å². The van der Waals surface area contributed by atoms with Crippen LogP contribution in [0.3, 0.4) is 0 Å². The zero-order valence-corrected chi connectivity index (χ0v) is 15.6. The number of carbonyl (C=O) groups is 3. The minimum Gasteiger partial charge on any atom is -0.462 e. The van der Waals surface area contributed by atoms with Gasteiger partial charge in [0.25, 0.3) is 0 Å². The molecule has 1 aliphatic heterocycles. The second kappa shape index (κ2) is 9.22. The van der Waals surface area contributed by atoms with Crippen LogP contribution in [0.2, 0.25) is 0 Å². The highest BCUT2D eigenvalue weighted by Gasteiger charge is 2.35. The molecule has 1 saturated heterocycles. The maximum atomic E-state index is 12.5. The Balaban J connectivity index is 1.96. The van der Waals surface area contributed by atoms with Gasteiger partial charge in [-0.05, 0) is 43.5 Å². The lowest BCUT2D eigenvalue weighted by molar-refractivity contribution is -0.119. The number of amides is 3. The Morgan fingerprint density at radius 2 is 1.85 bits per heavy atom. The molecule has 1 heterocycles. The Bertz CT molecular complexity index is 645. The van der Waals surface area contributed by atoms with E-state index in [2.05, 4.69) is 17.6 Å². The second-order valence-electron chi connectivity index (χ2n) is 6.49.